The number of hydrogen-bond acceptors (Lipinski definition) is 4. The van der Waals surface area contributed by atoms with Crippen LogP contribution >= 0.6 is 0 Å². The SMILES string of the molecule is CC(C)N1[C@@H](Cc2ccncc2)[C@H](O)c2ccccc2S1(=O)=O. The highest BCUT2D eigenvalue weighted by molar-refractivity contribution is 7.89. The first kappa shape index (κ1) is 16.1. The molecule has 1 aliphatic heterocycles. The van der Waals surface area contributed by atoms with Crippen molar-refractivity contribution in [3.05, 3.63) is 59.9 Å². The molecular formula is C17H20N2O3S. The van der Waals surface area contributed by atoms with E-state index in [2.05, 4.69) is 4.98 Å². The molecule has 0 unspecified atom stereocenters. The van der Waals surface area contributed by atoms with Crippen molar-refractivity contribution in [2.24, 2.45) is 0 Å². The van der Waals surface area contributed by atoms with Gasteiger partial charge >= 0.3 is 0 Å². The van der Waals surface area contributed by atoms with Crippen LogP contribution in [0.3, 0.4) is 0 Å². The molecule has 0 bridgehead atoms. The zero-order valence-corrected chi connectivity index (χ0v) is 13.9. The van der Waals surface area contributed by atoms with Crippen LogP contribution in [0.25, 0.3) is 0 Å². The van der Waals surface area contributed by atoms with E-state index in [0.717, 1.165) is 5.56 Å². The van der Waals surface area contributed by atoms with Crippen molar-refractivity contribution in [1.82, 2.24) is 9.29 Å². The van der Waals surface area contributed by atoms with Crippen LogP contribution in [0.5, 0.6) is 0 Å². The molecule has 23 heavy (non-hydrogen) atoms. The highest BCUT2D eigenvalue weighted by Crippen LogP contribution is 2.39. The van der Waals surface area contributed by atoms with Crippen molar-refractivity contribution in [1.29, 1.82) is 0 Å². The highest BCUT2D eigenvalue weighted by Gasteiger charge is 2.44. The Morgan fingerprint density at radius 3 is 2.48 bits per heavy atom. The molecule has 1 aliphatic rings. The van der Waals surface area contributed by atoms with E-state index in [4.69, 9.17) is 0 Å². The fourth-order valence-corrected chi connectivity index (χ4v) is 5.29. The molecule has 1 aromatic carbocycles. The molecule has 2 heterocycles. The van der Waals surface area contributed by atoms with Crippen LogP contribution in [0.1, 0.15) is 31.1 Å². The molecule has 0 saturated carbocycles. The number of fused-ring (bicyclic) bond motifs is 1. The van der Waals surface area contributed by atoms with Gasteiger partial charge in [-0.05, 0) is 44.0 Å². The van der Waals surface area contributed by atoms with E-state index in [1.54, 1.807) is 36.7 Å². The van der Waals surface area contributed by atoms with Gasteiger partial charge in [0.2, 0.25) is 10.0 Å². The molecule has 0 aliphatic carbocycles. The van der Waals surface area contributed by atoms with E-state index in [0.29, 0.717) is 12.0 Å². The summed E-state index contributed by atoms with van der Waals surface area (Å²) in [4.78, 5) is 4.18. The number of aliphatic hydroxyl groups is 1. The lowest BCUT2D eigenvalue weighted by molar-refractivity contribution is 0.0685. The van der Waals surface area contributed by atoms with E-state index in [1.807, 2.05) is 26.0 Å². The van der Waals surface area contributed by atoms with E-state index in [9.17, 15) is 13.5 Å². The third kappa shape index (κ3) is 2.78. The lowest BCUT2D eigenvalue weighted by Gasteiger charge is -2.41. The molecule has 0 radical (unpaired) electrons. The Bertz CT molecular complexity index is 790. The lowest BCUT2D eigenvalue weighted by Crippen LogP contribution is -2.52. The summed E-state index contributed by atoms with van der Waals surface area (Å²) in [5.74, 6) is 0. The van der Waals surface area contributed by atoms with E-state index >= 15 is 0 Å². The Hall–Kier alpha value is -1.76. The average molecular weight is 332 g/mol. The minimum atomic E-state index is -3.63. The molecule has 6 heteroatoms. The zero-order valence-electron chi connectivity index (χ0n) is 13.1. The Kier molecular flexibility index (Phi) is 4.23. The van der Waals surface area contributed by atoms with Crippen molar-refractivity contribution in [2.45, 2.75) is 43.4 Å². The number of rotatable bonds is 3. The summed E-state index contributed by atoms with van der Waals surface area (Å²) in [6.07, 6.45) is 2.93. The molecule has 0 saturated heterocycles. The van der Waals surface area contributed by atoms with Crippen LogP contribution in [0.15, 0.2) is 53.7 Å². The van der Waals surface area contributed by atoms with Gasteiger partial charge in [0.1, 0.15) is 0 Å². The maximum absolute atomic E-state index is 13.0. The smallest absolute Gasteiger partial charge is 0.244 e. The third-order valence-electron chi connectivity index (χ3n) is 4.19. The van der Waals surface area contributed by atoms with Crippen molar-refractivity contribution in [3.8, 4) is 0 Å². The summed E-state index contributed by atoms with van der Waals surface area (Å²) in [6, 6.07) is 9.61. The van der Waals surface area contributed by atoms with Crippen LogP contribution < -0.4 is 0 Å². The first-order chi connectivity index (χ1) is 10.9. The summed E-state index contributed by atoms with van der Waals surface area (Å²) in [5, 5.41) is 10.8. The quantitative estimate of drug-likeness (QED) is 0.935. The van der Waals surface area contributed by atoms with Gasteiger partial charge in [0, 0.05) is 24.0 Å². The number of pyridine rings is 1. The molecule has 0 amide bonds. The topological polar surface area (TPSA) is 70.5 Å². The summed E-state index contributed by atoms with van der Waals surface area (Å²) in [5.41, 5.74) is 1.42. The van der Waals surface area contributed by atoms with Crippen molar-refractivity contribution in [2.75, 3.05) is 0 Å². The standard InChI is InChI=1S/C17H20N2O3S/c1-12(2)19-15(11-13-7-9-18-10-8-13)17(20)14-5-3-4-6-16(14)23(19,21)22/h3-10,12,15,17,20H,11H2,1-2H3/t15-,17+/m0/s1. The Balaban J connectivity index is 2.11. The summed E-state index contributed by atoms with van der Waals surface area (Å²) in [7, 11) is -3.63. The molecule has 122 valence electrons. The third-order valence-corrected chi connectivity index (χ3v) is 6.36. The van der Waals surface area contributed by atoms with Gasteiger partial charge in [-0.2, -0.15) is 4.31 Å². The molecule has 1 aromatic heterocycles. The number of sulfonamides is 1. The minimum Gasteiger partial charge on any atom is -0.387 e. The fourth-order valence-electron chi connectivity index (χ4n) is 3.22. The molecule has 1 N–H and O–H groups in total. The van der Waals surface area contributed by atoms with Gasteiger partial charge in [0.05, 0.1) is 17.0 Å². The van der Waals surface area contributed by atoms with Gasteiger partial charge in [-0.1, -0.05) is 18.2 Å². The van der Waals surface area contributed by atoms with Crippen molar-refractivity contribution in [3.63, 3.8) is 0 Å². The first-order valence-electron chi connectivity index (χ1n) is 7.62. The maximum atomic E-state index is 13.0. The van der Waals surface area contributed by atoms with Crippen LogP contribution in [0, 0.1) is 0 Å². The van der Waals surface area contributed by atoms with Crippen LogP contribution in [0.2, 0.25) is 0 Å². The van der Waals surface area contributed by atoms with Gasteiger partial charge in [-0.3, -0.25) is 4.98 Å². The molecule has 2 aromatic rings. The highest BCUT2D eigenvalue weighted by atomic mass is 32.2. The Morgan fingerprint density at radius 1 is 1.17 bits per heavy atom. The van der Waals surface area contributed by atoms with Crippen molar-refractivity contribution < 1.29 is 13.5 Å². The van der Waals surface area contributed by atoms with E-state index in [-0.39, 0.29) is 10.9 Å². The maximum Gasteiger partial charge on any atom is 0.244 e. The number of hydrogen-bond donors (Lipinski definition) is 1. The second-order valence-corrected chi connectivity index (χ2v) is 7.85. The van der Waals surface area contributed by atoms with Gasteiger partial charge in [0.15, 0.2) is 0 Å². The lowest BCUT2D eigenvalue weighted by atomic mass is 9.95. The van der Waals surface area contributed by atoms with Gasteiger partial charge in [-0.25, -0.2) is 8.42 Å². The predicted molar refractivity (Wildman–Crippen MR) is 87.3 cm³/mol. The van der Waals surface area contributed by atoms with Gasteiger partial charge in [0.25, 0.3) is 0 Å². The summed E-state index contributed by atoms with van der Waals surface area (Å²) < 4.78 is 27.4. The van der Waals surface area contributed by atoms with Gasteiger partial charge in [-0.15, -0.1) is 0 Å². The monoisotopic (exact) mass is 332 g/mol. The van der Waals surface area contributed by atoms with Gasteiger partial charge < -0.3 is 5.11 Å². The minimum absolute atomic E-state index is 0.201. The normalized spacial score (nSPS) is 23.7. The van der Waals surface area contributed by atoms with Crippen LogP contribution in [-0.2, 0) is 16.4 Å². The molecule has 2 atom stereocenters. The second kappa shape index (κ2) is 6.03. The second-order valence-electron chi connectivity index (χ2n) is 6.04. The summed E-state index contributed by atoms with van der Waals surface area (Å²) >= 11 is 0. The van der Waals surface area contributed by atoms with E-state index in [1.165, 1.54) is 4.31 Å². The fraction of sp³-hybridized carbons (Fsp3) is 0.353. The molecule has 0 fully saturated rings. The Morgan fingerprint density at radius 2 is 1.83 bits per heavy atom. The van der Waals surface area contributed by atoms with Crippen molar-refractivity contribution >= 4 is 10.0 Å². The molecule has 5 nitrogen and oxygen atoms in total. The Labute approximate surface area is 136 Å². The first-order valence-corrected chi connectivity index (χ1v) is 9.06. The zero-order chi connectivity index (χ0) is 16.6. The molecule has 0 spiro atoms. The largest absolute Gasteiger partial charge is 0.387 e. The number of nitrogens with zero attached hydrogens (tertiary/aromatic N) is 2. The molecular weight excluding hydrogens is 312 g/mol. The number of aromatic nitrogens is 1. The van der Waals surface area contributed by atoms with Crippen LogP contribution in [-0.4, -0.2) is 34.9 Å². The average Bonchev–Trinajstić information content (AvgIpc) is 2.53. The summed E-state index contributed by atoms with van der Waals surface area (Å²) in [6.45, 7) is 3.66. The predicted octanol–water partition coefficient (Wildman–Crippen LogP) is 2.14. The number of benzene rings is 1. The number of aliphatic hydroxyl groups excluding tert-OH is 1. The van der Waals surface area contributed by atoms with Crippen LogP contribution in [0.4, 0.5) is 0 Å². The van der Waals surface area contributed by atoms with E-state index < -0.39 is 22.2 Å². The molecule has 3 rings (SSSR count).